The molecule has 0 fully saturated rings. The summed E-state index contributed by atoms with van der Waals surface area (Å²) in [4.78, 5) is 6.86. The van der Waals surface area contributed by atoms with E-state index in [0.29, 0.717) is 11.8 Å². The van der Waals surface area contributed by atoms with Gasteiger partial charge in [0.25, 0.3) is 0 Å². The fourth-order valence-corrected chi connectivity index (χ4v) is 3.31. The van der Waals surface area contributed by atoms with Gasteiger partial charge in [0.1, 0.15) is 5.01 Å². The van der Waals surface area contributed by atoms with Crippen LogP contribution in [0.3, 0.4) is 0 Å². The lowest BCUT2D eigenvalue weighted by atomic mass is 10.1. The molecule has 20 heavy (non-hydrogen) atoms. The molecule has 0 atom stereocenters. The lowest BCUT2D eigenvalue weighted by Gasteiger charge is -2.18. The van der Waals surface area contributed by atoms with Crippen LogP contribution in [0.25, 0.3) is 10.6 Å². The third-order valence-electron chi connectivity index (χ3n) is 3.02. The number of rotatable bonds is 6. The maximum Gasteiger partial charge on any atom is 0.123 e. The van der Waals surface area contributed by atoms with Gasteiger partial charge in [-0.3, -0.25) is 0 Å². The standard InChI is InChI=1S/C16H21ClN2S/c1-12(2)9-19(3)10-13-4-6-14(7-5-13)16-18-15(8-17)11-20-16/h4-7,11-12H,8-10H2,1-3H3. The minimum Gasteiger partial charge on any atom is -0.302 e. The van der Waals surface area contributed by atoms with Crippen molar-refractivity contribution < 1.29 is 0 Å². The van der Waals surface area contributed by atoms with Gasteiger partial charge in [-0.1, -0.05) is 38.1 Å². The molecule has 0 aliphatic carbocycles. The highest BCUT2D eigenvalue weighted by molar-refractivity contribution is 7.13. The lowest BCUT2D eigenvalue weighted by Crippen LogP contribution is -2.22. The zero-order valence-corrected chi connectivity index (χ0v) is 13.8. The Bertz CT molecular complexity index is 534. The first-order chi connectivity index (χ1) is 9.58. The molecule has 108 valence electrons. The van der Waals surface area contributed by atoms with Crippen LogP contribution in [0.2, 0.25) is 0 Å². The molecule has 0 aliphatic heterocycles. The van der Waals surface area contributed by atoms with Gasteiger partial charge in [0.2, 0.25) is 0 Å². The molecule has 0 amide bonds. The smallest absolute Gasteiger partial charge is 0.123 e. The predicted molar refractivity (Wildman–Crippen MR) is 88.3 cm³/mol. The molecule has 0 saturated heterocycles. The number of benzene rings is 1. The molecule has 2 nitrogen and oxygen atoms in total. The van der Waals surface area contributed by atoms with Crippen molar-refractivity contribution in [2.75, 3.05) is 13.6 Å². The SMILES string of the molecule is CC(C)CN(C)Cc1ccc(-c2nc(CCl)cs2)cc1. The Morgan fingerprint density at radius 3 is 2.50 bits per heavy atom. The number of alkyl halides is 1. The van der Waals surface area contributed by atoms with Crippen molar-refractivity contribution in [1.82, 2.24) is 9.88 Å². The molecule has 2 aromatic rings. The average molecular weight is 309 g/mol. The van der Waals surface area contributed by atoms with Gasteiger partial charge in [-0.05, 0) is 18.5 Å². The summed E-state index contributed by atoms with van der Waals surface area (Å²) in [6.45, 7) is 6.60. The monoisotopic (exact) mass is 308 g/mol. The van der Waals surface area contributed by atoms with E-state index < -0.39 is 0 Å². The first kappa shape index (κ1) is 15.5. The molecular weight excluding hydrogens is 288 g/mol. The fraction of sp³-hybridized carbons (Fsp3) is 0.438. The van der Waals surface area contributed by atoms with Gasteiger partial charge < -0.3 is 4.90 Å². The van der Waals surface area contributed by atoms with Crippen LogP contribution in [0.15, 0.2) is 29.6 Å². The van der Waals surface area contributed by atoms with Gasteiger partial charge in [-0.2, -0.15) is 0 Å². The number of halogens is 1. The Morgan fingerprint density at radius 2 is 1.95 bits per heavy atom. The summed E-state index contributed by atoms with van der Waals surface area (Å²) in [6, 6.07) is 8.67. The highest BCUT2D eigenvalue weighted by atomic mass is 35.5. The van der Waals surface area contributed by atoms with E-state index >= 15 is 0 Å². The summed E-state index contributed by atoms with van der Waals surface area (Å²) < 4.78 is 0. The Labute approximate surface area is 130 Å². The first-order valence-electron chi connectivity index (χ1n) is 6.86. The molecule has 0 saturated carbocycles. The minimum atomic E-state index is 0.481. The van der Waals surface area contributed by atoms with Crippen molar-refractivity contribution in [2.24, 2.45) is 5.92 Å². The Morgan fingerprint density at radius 1 is 1.25 bits per heavy atom. The van der Waals surface area contributed by atoms with E-state index in [1.807, 2.05) is 5.38 Å². The number of aromatic nitrogens is 1. The highest BCUT2D eigenvalue weighted by Crippen LogP contribution is 2.24. The van der Waals surface area contributed by atoms with Gasteiger partial charge in [-0.15, -0.1) is 22.9 Å². The first-order valence-corrected chi connectivity index (χ1v) is 8.28. The number of nitrogens with zero attached hydrogens (tertiary/aromatic N) is 2. The van der Waals surface area contributed by atoms with E-state index in [1.54, 1.807) is 11.3 Å². The van der Waals surface area contributed by atoms with Crippen LogP contribution in [-0.4, -0.2) is 23.5 Å². The van der Waals surface area contributed by atoms with Gasteiger partial charge in [0.15, 0.2) is 0 Å². The Hall–Kier alpha value is -0.900. The molecule has 0 bridgehead atoms. The third-order valence-corrected chi connectivity index (χ3v) is 4.23. The molecule has 1 aromatic carbocycles. The van der Waals surface area contributed by atoms with Crippen LogP contribution in [0.4, 0.5) is 0 Å². The maximum atomic E-state index is 5.79. The van der Waals surface area contributed by atoms with Gasteiger partial charge in [-0.25, -0.2) is 4.98 Å². The summed E-state index contributed by atoms with van der Waals surface area (Å²) in [5, 5.41) is 3.06. The van der Waals surface area contributed by atoms with E-state index in [1.165, 1.54) is 11.1 Å². The number of hydrogen-bond donors (Lipinski definition) is 0. The van der Waals surface area contributed by atoms with Crippen LogP contribution in [0.1, 0.15) is 25.1 Å². The quantitative estimate of drug-likeness (QED) is 0.723. The molecule has 0 spiro atoms. The summed E-state index contributed by atoms with van der Waals surface area (Å²) in [5.41, 5.74) is 3.46. The van der Waals surface area contributed by atoms with Crippen molar-refractivity contribution in [2.45, 2.75) is 26.3 Å². The molecule has 1 heterocycles. The van der Waals surface area contributed by atoms with E-state index in [0.717, 1.165) is 23.8 Å². The molecular formula is C16H21ClN2S. The van der Waals surface area contributed by atoms with Crippen molar-refractivity contribution in [3.8, 4) is 10.6 Å². The van der Waals surface area contributed by atoms with E-state index in [-0.39, 0.29) is 0 Å². The second kappa shape index (κ2) is 7.21. The number of hydrogen-bond acceptors (Lipinski definition) is 3. The molecule has 0 radical (unpaired) electrons. The zero-order chi connectivity index (χ0) is 14.5. The lowest BCUT2D eigenvalue weighted by molar-refractivity contribution is 0.288. The summed E-state index contributed by atoms with van der Waals surface area (Å²) in [6.07, 6.45) is 0. The molecule has 0 N–H and O–H groups in total. The van der Waals surface area contributed by atoms with Crippen LogP contribution >= 0.6 is 22.9 Å². The summed E-state index contributed by atoms with van der Waals surface area (Å²) in [7, 11) is 2.17. The molecule has 1 aromatic heterocycles. The largest absolute Gasteiger partial charge is 0.302 e. The summed E-state index contributed by atoms with van der Waals surface area (Å²) >= 11 is 7.44. The van der Waals surface area contributed by atoms with Crippen molar-refractivity contribution >= 4 is 22.9 Å². The highest BCUT2D eigenvalue weighted by Gasteiger charge is 2.06. The topological polar surface area (TPSA) is 16.1 Å². The number of thiazole rings is 1. The van der Waals surface area contributed by atoms with Gasteiger partial charge >= 0.3 is 0 Å². The van der Waals surface area contributed by atoms with Crippen molar-refractivity contribution in [1.29, 1.82) is 0 Å². The molecule has 0 unspecified atom stereocenters. The van der Waals surface area contributed by atoms with E-state index in [4.69, 9.17) is 11.6 Å². The van der Waals surface area contributed by atoms with E-state index in [9.17, 15) is 0 Å². The second-order valence-corrected chi connectivity index (χ2v) is 6.69. The normalized spacial score (nSPS) is 11.5. The molecule has 0 aliphatic rings. The minimum absolute atomic E-state index is 0.481. The molecule has 2 rings (SSSR count). The van der Waals surface area contributed by atoms with Crippen LogP contribution < -0.4 is 0 Å². The Kier molecular flexibility index (Phi) is 5.58. The van der Waals surface area contributed by atoms with Crippen LogP contribution in [0.5, 0.6) is 0 Å². The van der Waals surface area contributed by atoms with E-state index in [2.05, 4.69) is 55.0 Å². The van der Waals surface area contributed by atoms with Crippen LogP contribution in [-0.2, 0) is 12.4 Å². The Balaban J connectivity index is 2.02. The fourth-order valence-electron chi connectivity index (χ4n) is 2.25. The average Bonchev–Trinajstić information content (AvgIpc) is 2.87. The third kappa shape index (κ3) is 4.30. The zero-order valence-electron chi connectivity index (χ0n) is 12.3. The second-order valence-electron chi connectivity index (χ2n) is 5.57. The van der Waals surface area contributed by atoms with Gasteiger partial charge in [0.05, 0.1) is 11.6 Å². The van der Waals surface area contributed by atoms with Crippen molar-refractivity contribution in [3.05, 3.63) is 40.9 Å². The van der Waals surface area contributed by atoms with Crippen molar-refractivity contribution in [3.63, 3.8) is 0 Å². The van der Waals surface area contributed by atoms with Crippen LogP contribution in [0, 0.1) is 5.92 Å². The van der Waals surface area contributed by atoms with Gasteiger partial charge in [0, 0.05) is 24.0 Å². The summed E-state index contributed by atoms with van der Waals surface area (Å²) in [5.74, 6) is 1.18. The maximum absolute atomic E-state index is 5.79. The predicted octanol–water partition coefficient (Wildman–Crippen LogP) is 4.64. The molecule has 4 heteroatoms.